The third-order valence-electron chi connectivity index (χ3n) is 12.0. The van der Waals surface area contributed by atoms with E-state index >= 15 is 0 Å². The van der Waals surface area contributed by atoms with Crippen molar-refractivity contribution < 1.29 is 94.3 Å². The van der Waals surface area contributed by atoms with E-state index in [-0.39, 0.29) is 42.4 Å². The number of aliphatic hydroxyl groups is 5. The molecule has 0 aromatic rings. The van der Waals surface area contributed by atoms with Crippen molar-refractivity contribution in [3.8, 4) is 0 Å². The molecule has 3 heterocycles. The molecule has 0 amide bonds. The van der Waals surface area contributed by atoms with Crippen LogP contribution in [0.2, 0.25) is 0 Å². The fourth-order valence-electron chi connectivity index (χ4n) is 8.41. The number of aliphatic carboxylic acids is 2. The summed E-state index contributed by atoms with van der Waals surface area (Å²) in [5.41, 5.74) is -4.84. The molecule has 18 atom stereocenters. The highest BCUT2D eigenvalue weighted by Crippen LogP contribution is 2.40. The minimum atomic E-state index is -1.99. The van der Waals surface area contributed by atoms with Gasteiger partial charge in [0.2, 0.25) is 0 Å². The topological polar surface area (TPSA) is 332 Å². The Morgan fingerprint density at radius 1 is 0.847 bits per heavy atom. The van der Waals surface area contributed by atoms with Crippen LogP contribution in [0.4, 0.5) is 0 Å². The first-order valence-corrected chi connectivity index (χ1v) is 19.6. The quantitative estimate of drug-likeness (QED) is 0.123. The van der Waals surface area contributed by atoms with Crippen molar-refractivity contribution >= 4 is 23.7 Å². The highest BCUT2D eigenvalue weighted by atomic mass is 16.7. The Kier molecular flexibility index (Phi) is 21.7. The van der Waals surface area contributed by atoms with Crippen LogP contribution >= 0.6 is 0 Å². The lowest BCUT2D eigenvalue weighted by atomic mass is 9.74. The van der Waals surface area contributed by atoms with E-state index in [1.165, 1.54) is 27.9 Å². The summed E-state index contributed by atoms with van der Waals surface area (Å²) in [4.78, 5) is 48.0. The molecule has 20 heteroatoms. The third-order valence-corrected chi connectivity index (χ3v) is 12.0. The van der Waals surface area contributed by atoms with Crippen LogP contribution in [-0.4, -0.2) is 181 Å². The number of ketones is 1. The van der Waals surface area contributed by atoms with Crippen LogP contribution in [0.15, 0.2) is 0 Å². The minimum Gasteiger partial charge on any atom is -0.473 e. The van der Waals surface area contributed by atoms with Crippen LogP contribution in [-0.2, 0) is 47.6 Å². The van der Waals surface area contributed by atoms with E-state index in [1.807, 2.05) is 25.9 Å². The van der Waals surface area contributed by atoms with E-state index in [1.54, 1.807) is 41.5 Å². The van der Waals surface area contributed by atoms with Gasteiger partial charge in [-0.3, -0.25) is 9.59 Å². The number of carbonyl (C=O) groups excluding carboxylic acids is 2. The SMILES string of the molecule is CC[C@H]1OC(=O)[C@H](C)[C@@H](O[C@H]2C[C@@](C)(OC)[C@@H](O)[C@H](C)O2)[C@H](C)[C@@H](O[C@@H]2O[C@H](C)C[C@H](N(C)C)[C@H]2O)[C@](C)(O)C[C@@H](C)C(=O)[C@H](C)[C@@H](O)[C@]1(C)O.O.O.O=C(O)C(=O)O. The lowest BCUT2D eigenvalue weighted by molar-refractivity contribution is -0.318. The summed E-state index contributed by atoms with van der Waals surface area (Å²) in [5.74, 6) is -8.62. The number of nitrogens with zero attached hydrogens (tertiary/aromatic N) is 1. The average Bonchev–Trinajstić information content (AvgIpc) is 3.12. The Morgan fingerprint density at radius 3 is 1.86 bits per heavy atom. The number of carboxylic acid groups (broad SMARTS) is 2. The molecule has 0 radical (unpaired) electrons. The second-order valence-electron chi connectivity index (χ2n) is 17.1. The molecule has 3 saturated heterocycles. The van der Waals surface area contributed by atoms with Crippen LogP contribution in [0.3, 0.4) is 0 Å². The molecular weight excluding hydrogens is 786 g/mol. The zero-order valence-electron chi connectivity index (χ0n) is 36.6. The van der Waals surface area contributed by atoms with Gasteiger partial charge in [0, 0.05) is 37.3 Å². The highest BCUT2D eigenvalue weighted by Gasteiger charge is 2.53. The summed E-state index contributed by atoms with van der Waals surface area (Å²) in [5, 5.41) is 72.4. The fraction of sp³-hybridized carbons (Fsp3) is 0.897. The number of methoxy groups -OCH3 is 1. The van der Waals surface area contributed by atoms with E-state index in [9.17, 15) is 35.1 Å². The van der Waals surface area contributed by atoms with Gasteiger partial charge in [-0.25, -0.2) is 9.59 Å². The zero-order valence-corrected chi connectivity index (χ0v) is 36.6. The number of likely N-dealkylation sites (N-methyl/N-ethyl adjacent to an activating group) is 1. The number of aliphatic hydroxyl groups excluding tert-OH is 3. The number of carbonyl (C=O) groups is 4. The number of esters is 1. The molecule has 0 spiro atoms. The molecule has 0 aliphatic carbocycles. The largest absolute Gasteiger partial charge is 0.473 e. The van der Waals surface area contributed by atoms with Gasteiger partial charge < -0.3 is 80.0 Å². The summed E-state index contributed by atoms with van der Waals surface area (Å²) in [6, 6.07) is -0.324. The average molecular weight is 860 g/mol. The van der Waals surface area contributed by atoms with Crippen LogP contribution in [0.25, 0.3) is 0 Å². The lowest BCUT2D eigenvalue weighted by Crippen LogP contribution is -2.61. The van der Waals surface area contributed by atoms with Gasteiger partial charge in [-0.05, 0) is 74.9 Å². The van der Waals surface area contributed by atoms with Gasteiger partial charge in [0.15, 0.2) is 12.6 Å². The van der Waals surface area contributed by atoms with Gasteiger partial charge in [0.1, 0.15) is 29.7 Å². The highest BCUT2D eigenvalue weighted by molar-refractivity contribution is 6.27. The molecule has 0 saturated carbocycles. The first kappa shape index (κ1) is 56.6. The molecule has 0 unspecified atom stereocenters. The number of rotatable bonds is 7. The predicted octanol–water partition coefficient (Wildman–Crippen LogP) is -0.708. The summed E-state index contributed by atoms with van der Waals surface area (Å²) >= 11 is 0. The Labute approximate surface area is 346 Å². The molecule has 0 aromatic heterocycles. The molecular formula is C39H73NO19. The number of hydrogen-bond donors (Lipinski definition) is 7. The van der Waals surface area contributed by atoms with Crippen molar-refractivity contribution in [3.05, 3.63) is 0 Å². The van der Waals surface area contributed by atoms with Crippen molar-refractivity contribution in [3.63, 3.8) is 0 Å². The third kappa shape index (κ3) is 13.5. The number of Topliss-reactive ketones (excluding diaryl/α,β-unsaturated/α-hetero) is 1. The van der Waals surface area contributed by atoms with Gasteiger partial charge in [0.05, 0.1) is 47.6 Å². The maximum atomic E-state index is 14.1. The molecule has 3 aliphatic rings. The number of hydrogen-bond acceptors (Lipinski definition) is 16. The Bertz CT molecular complexity index is 1350. The first-order valence-electron chi connectivity index (χ1n) is 19.6. The van der Waals surface area contributed by atoms with E-state index in [0.29, 0.717) is 6.42 Å². The van der Waals surface area contributed by atoms with Crippen molar-refractivity contribution in [2.24, 2.45) is 23.7 Å². The van der Waals surface area contributed by atoms with E-state index < -0.39 is 119 Å². The maximum Gasteiger partial charge on any atom is 0.414 e. The molecule has 3 aliphatic heterocycles. The van der Waals surface area contributed by atoms with Crippen LogP contribution in [0.1, 0.15) is 94.9 Å². The Morgan fingerprint density at radius 2 is 1.39 bits per heavy atom. The summed E-state index contributed by atoms with van der Waals surface area (Å²) in [6.07, 6.45) is -9.71. The Hall–Kier alpha value is -2.44. The van der Waals surface area contributed by atoms with Gasteiger partial charge in [-0.2, -0.15) is 0 Å². The van der Waals surface area contributed by atoms with E-state index in [0.717, 1.165) is 0 Å². The predicted molar refractivity (Wildman–Crippen MR) is 209 cm³/mol. The summed E-state index contributed by atoms with van der Waals surface area (Å²) < 4.78 is 37.1. The number of carboxylic acids is 2. The summed E-state index contributed by atoms with van der Waals surface area (Å²) in [7, 11) is 5.18. The van der Waals surface area contributed by atoms with E-state index in [2.05, 4.69) is 0 Å². The second kappa shape index (κ2) is 22.6. The molecule has 0 bridgehead atoms. The number of ether oxygens (including phenoxy) is 6. The molecule has 3 fully saturated rings. The van der Waals surface area contributed by atoms with Crippen LogP contribution < -0.4 is 0 Å². The molecule has 348 valence electrons. The van der Waals surface area contributed by atoms with Gasteiger partial charge in [0.25, 0.3) is 0 Å². The fourth-order valence-corrected chi connectivity index (χ4v) is 8.41. The van der Waals surface area contributed by atoms with Gasteiger partial charge in [-0.1, -0.05) is 27.7 Å². The smallest absolute Gasteiger partial charge is 0.414 e. The second-order valence-corrected chi connectivity index (χ2v) is 17.1. The van der Waals surface area contributed by atoms with Gasteiger partial charge in [-0.15, -0.1) is 0 Å². The van der Waals surface area contributed by atoms with Crippen molar-refractivity contribution in [1.29, 1.82) is 0 Å². The minimum absolute atomic E-state index is 0. The van der Waals surface area contributed by atoms with Crippen LogP contribution in [0.5, 0.6) is 0 Å². The van der Waals surface area contributed by atoms with Gasteiger partial charge >= 0.3 is 17.9 Å². The Balaban J connectivity index is 0.00000390. The molecule has 59 heavy (non-hydrogen) atoms. The van der Waals surface area contributed by atoms with Crippen molar-refractivity contribution in [1.82, 2.24) is 4.90 Å². The normalized spacial score (nSPS) is 43.7. The van der Waals surface area contributed by atoms with Crippen molar-refractivity contribution in [2.45, 2.75) is 179 Å². The number of cyclic esters (lactones) is 1. The first-order chi connectivity index (χ1) is 26.1. The lowest BCUT2D eigenvalue weighted by Gasteiger charge is -2.49. The van der Waals surface area contributed by atoms with Crippen molar-refractivity contribution in [2.75, 3.05) is 21.2 Å². The summed E-state index contributed by atoms with van der Waals surface area (Å²) in [6.45, 7) is 16.3. The maximum absolute atomic E-state index is 14.1. The monoisotopic (exact) mass is 859 g/mol. The molecule has 0 aromatic carbocycles. The van der Waals surface area contributed by atoms with E-state index in [4.69, 9.17) is 48.2 Å². The molecule has 11 N–H and O–H groups in total. The molecule has 20 nitrogen and oxygen atoms in total. The van der Waals surface area contributed by atoms with Crippen LogP contribution in [0, 0.1) is 23.7 Å². The standard InChI is InChI=1S/C37H67NO13.C2H2O4.2H2O/c1-14-25-37(10,45)30(41)20(4)27(39)18(2)16-35(8,44)32(51-34-28(40)24(38(11)12)15-19(3)47-34)21(5)29(22(6)33(43)49-25)50-26-17-36(9,46-13)31(42)23(7)48-26;3-1(4)2(5)6;;/h18-26,28-32,34,40-42,44-45H,14-17H2,1-13H3;(H,3,4)(H,5,6);2*1H2/t18-,19-,20+,21+,22-,23+,24+,25-,26+,28-,29+,30-,31+,32-,34+,35-,36-,37-;;;/m1.../s1. The molecule has 3 rings (SSSR count). The zero-order chi connectivity index (χ0) is 44.1.